The van der Waals surface area contributed by atoms with Crippen molar-refractivity contribution in [1.29, 1.82) is 0 Å². The first-order valence-electron chi connectivity index (χ1n) is 5.96. The molecule has 2 fully saturated rings. The number of hydrogen-bond acceptors (Lipinski definition) is 3. The van der Waals surface area contributed by atoms with Crippen LogP contribution in [0.2, 0.25) is 0 Å². The topological polar surface area (TPSA) is 46.2 Å². The number of rotatable bonds is 1. The highest BCUT2D eigenvalue weighted by molar-refractivity contribution is 7.99. The molecule has 0 bridgehead atoms. The lowest BCUT2D eigenvalue weighted by Crippen LogP contribution is -2.63. The third kappa shape index (κ3) is 2.06. The zero-order valence-corrected chi connectivity index (χ0v) is 10.7. The molecule has 0 aromatic rings. The van der Waals surface area contributed by atoms with E-state index in [2.05, 4.69) is 13.8 Å². The van der Waals surface area contributed by atoms with Crippen LogP contribution in [0, 0.1) is 5.41 Å². The van der Waals surface area contributed by atoms with Crippen molar-refractivity contribution in [1.82, 2.24) is 0 Å². The molecule has 1 aliphatic carbocycles. The fraction of sp³-hybridized carbons (Fsp3) is 1.00. The Bertz CT molecular complexity index is 248. The van der Waals surface area contributed by atoms with Gasteiger partial charge >= 0.3 is 0 Å². The van der Waals surface area contributed by atoms with Gasteiger partial charge < -0.3 is 10.8 Å². The van der Waals surface area contributed by atoms with Crippen molar-refractivity contribution in [2.45, 2.75) is 57.1 Å². The SMILES string of the molecule is CC1(C)CCCC(O)(C2(N)CCSC2)C1. The maximum absolute atomic E-state index is 10.8. The number of hydrogen-bond donors (Lipinski definition) is 2. The molecule has 0 radical (unpaired) electrons. The lowest BCUT2D eigenvalue weighted by molar-refractivity contribution is -0.0879. The number of thioether (sulfide) groups is 1. The van der Waals surface area contributed by atoms with Gasteiger partial charge in [-0.1, -0.05) is 13.8 Å². The predicted octanol–water partition coefficient (Wildman–Crippen LogP) is 2.15. The van der Waals surface area contributed by atoms with Gasteiger partial charge in [0.1, 0.15) is 0 Å². The fourth-order valence-corrected chi connectivity index (χ4v) is 4.63. The molecule has 2 nitrogen and oxygen atoms in total. The average Bonchev–Trinajstić information content (AvgIpc) is 2.51. The van der Waals surface area contributed by atoms with E-state index in [4.69, 9.17) is 5.73 Å². The van der Waals surface area contributed by atoms with Crippen LogP contribution in [0.4, 0.5) is 0 Å². The van der Waals surface area contributed by atoms with Crippen LogP contribution in [0.15, 0.2) is 0 Å². The first-order valence-corrected chi connectivity index (χ1v) is 7.12. The van der Waals surface area contributed by atoms with Gasteiger partial charge in [0.05, 0.1) is 11.1 Å². The molecule has 1 saturated heterocycles. The molecule has 0 amide bonds. The molecule has 2 aliphatic rings. The Hall–Kier alpha value is 0.270. The van der Waals surface area contributed by atoms with Gasteiger partial charge in [-0.25, -0.2) is 0 Å². The molecule has 15 heavy (non-hydrogen) atoms. The van der Waals surface area contributed by atoms with E-state index in [1.807, 2.05) is 11.8 Å². The van der Waals surface area contributed by atoms with Crippen molar-refractivity contribution in [2.24, 2.45) is 11.1 Å². The lowest BCUT2D eigenvalue weighted by atomic mass is 9.62. The maximum Gasteiger partial charge on any atom is 0.0839 e. The van der Waals surface area contributed by atoms with Crippen molar-refractivity contribution in [3.63, 3.8) is 0 Å². The third-order valence-corrected chi connectivity index (χ3v) is 5.41. The predicted molar refractivity (Wildman–Crippen MR) is 66.1 cm³/mol. The molecule has 0 aromatic heterocycles. The van der Waals surface area contributed by atoms with Gasteiger partial charge in [-0.3, -0.25) is 0 Å². The monoisotopic (exact) mass is 229 g/mol. The summed E-state index contributed by atoms with van der Waals surface area (Å²) in [6, 6.07) is 0. The molecule has 0 aromatic carbocycles. The van der Waals surface area contributed by atoms with Gasteiger partial charge in [-0.15, -0.1) is 0 Å². The van der Waals surface area contributed by atoms with Crippen LogP contribution in [0.1, 0.15) is 46.0 Å². The van der Waals surface area contributed by atoms with Crippen LogP contribution in [0.25, 0.3) is 0 Å². The molecular formula is C12H23NOS. The Labute approximate surface area is 97.0 Å². The highest BCUT2D eigenvalue weighted by Crippen LogP contribution is 2.48. The molecule has 88 valence electrons. The molecule has 2 atom stereocenters. The van der Waals surface area contributed by atoms with Crippen molar-refractivity contribution in [3.8, 4) is 0 Å². The Kier molecular flexibility index (Phi) is 2.85. The van der Waals surface area contributed by atoms with Crippen molar-refractivity contribution >= 4 is 11.8 Å². The molecular weight excluding hydrogens is 206 g/mol. The van der Waals surface area contributed by atoms with E-state index in [1.54, 1.807) is 0 Å². The standard InChI is InChI=1S/C12H23NOS/c1-10(2)4-3-5-12(14,8-10)11(13)6-7-15-9-11/h14H,3-9,13H2,1-2H3. The van der Waals surface area contributed by atoms with E-state index in [0.29, 0.717) is 0 Å². The Morgan fingerprint density at radius 1 is 1.20 bits per heavy atom. The molecule has 3 heteroatoms. The molecule has 1 heterocycles. The summed E-state index contributed by atoms with van der Waals surface area (Å²) in [5.41, 5.74) is 5.74. The first kappa shape index (κ1) is 11.7. The van der Waals surface area contributed by atoms with E-state index < -0.39 is 5.60 Å². The van der Waals surface area contributed by atoms with Crippen LogP contribution >= 0.6 is 11.8 Å². The molecule has 1 aliphatic heterocycles. The smallest absolute Gasteiger partial charge is 0.0839 e. The van der Waals surface area contributed by atoms with Crippen LogP contribution < -0.4 is 5.73 Å². The average molecular weight is 229 g/mol. The highest BCUT2D eigenvalue weighted by Gasteiger charge is 2.52. The minimum Gasteiger partial charge on any atom is -0.388 e. The Morgan fingerprint density at radius 3 is 2.47 bits per heavy atom. The molecule has 2 rings (SSSR count). The summed E-state index contributed by atoms with van der Waals surface area (Å²) < 4.78 is 0. The van der Waals surface area contributed by atoms with E-state index in [1.165, 1.54) is 6.42 Å². The van der Waals surface area contributed by atoms with Crippen molar-refractivity contribution in [2.75, 3.05) is 11.5 Å². The normalized spacial score (nSPS) is 45.6. The van der Waals surface area contributed by atoms with Gasteiger partial charge in [-0.2, -0.15) is 11.8 Å². The second kappa shape index (κ2) is 3.64. The van der Waals surface area contributed by atoms with E-state index in [9.17, 15) is 5.11 Å². The van der Waals surface area contributed by atoms with Gasteiger partial charge in [0.25, 0.3) is 0 Å². The molecule has 3 N–H and O–H groups in total. The van der Waals surface area contributed by atoms with Crippen molar-refractivity contribution in [3.05, 3.63) is 0 Å². The lowest BCUT2D eigenvalue weighted by Gasteiger charge is -2.49. The highest BCUT2D eigenvalue weighted by atomic mass is 32.2. The quantitative estimate of drug-likeness (QED) is 0.724. The van der Waals surface area contributed by atoms with Gasteiger partial charge in [0, 0.05) is 5.75 Å². The number of aliphatic hydroxyl groups is 1. The summed E-state index contributed by atoms with van der Waals surface area (Å²) in [5, 5.41) is 10.8. The minimum atomic E-state index is -0.613. The summed E-state index contributed by atoms with van der Waals surface area (Å²) in [4.78, 5) is 0. The van der Waals surface area contributed by atoms with Gasteiger partial charge in [0.2, 0.25) is 0 Å². The zero-order chi connectivity index (χ0) is 11.2. The second-order valence-electron chi connectivity index (χ2n) is 6.18. The van der Waals surface area contributed by atoms with Crippen LogP contribution in [-0.2, 0) is 0 Å². The molecule has 0 spiro atoms. The summed E-state index contributed by atoms with van der Waals surface area (Å²) >= 11 is 1.89. The molecule has 2 unspecified atom stereocenters. The summed E-state index contributed by atoms with van der Waals surface area (Å²) in [6.07, 6.45) is 5.08. The number of nitrogens with two attached hydrogens (primary N) is 1. The molecule has 1 saturated carbocycles. The van der Waals surface area contributed by atoms with E-state index in [-0.39, 0.29) is 11.0 Å². The minimum absolute atomic E-state index is 0.257. The summed E-state index contributed by atoms with van der Waals surface area (Å²) in [7, 11) is 0. The largest absolute Gasteiger partial charge is 0.388 e. The van der Waals surface area contributed by atoms with E-state index in [0.717, 1.165) is 37.2 Å². The van der Waals surface area contributed by atoms with Gasteiger partial charge in [-0.05, 0) is 43.3 Å². The van der Waals surface area contributed by atoms with Gasteiger partial charge in [0.15, 0.2) is 0 Å². The van der Waals surface area contributed by atoms with Crippen molar-refractivity contribution < 1.29 is 5.11 Å². The third-order valence-electron chi connectivity index (χ3n) is 4.19. The first-order chi connectivity index (χ1) is 6.87. The second-order valence-corrected chi connectivity index (χ2v) is 7.29. The van der Waals surface area contributed by atoms with Crippen LogP contribution in [0.5, 0.6) is 0 Å². The Morgan fingerprint density at radius 2 is 1.93 bits per heavy atom. The Balaban J connectivity index is 2.18. The zero-order valence-electron chi connectivity index (χ0n) is 9.88. The fourth-order valence-electron chi connectivity index (χ4n) is 3.20. The summed E-state index contributed by atoms with van der Waals surface area (Å²) in [5.74, 6) is 2.04. The maximum atomic E-state index is 10.8. The summed E-state index contributed by atoms with van der Waals surface area (Å²) in [6.45, 7) is 4.51. The van der Waals surface area contributed by atoms with E-state index >= 15 is 0 Å². The van der Waals surface area contributed by atoms with Crippen LogP contribution in [0.3, 0.4) is 0 Å². The van der Waals surface area contributed by atoms with Crippen LogP contribution in [-0.4, -0.2) is 27.8 Å².